The summed E-state index contributed by atoms with van der Waals surface area (Å²) in [6.07, 6.45) is 3.28. The highest BCUT2D eigenvalue weighted by atomic mass is 35.5. The molecule has 0 spiro atoms. The number of Topliss-reactive ketones (excluding diaryl/α,β-unsaturated/α-hetero) is 1. The SMILES string of the molecule is CCOC(=O)/C=C/c1cccc(Cn2c(C(=O)CC)c(-c3ccccc3)c3cc(Cl)ccc3c2=O)c1. The van der Waals surface area contributed by atoms with Gasteiger partial charge in [-0.2, -0.15) is 0 Å². The second kappa shape index (κ2) is 11.2. The third-order valence-electron chi connectivity index (χ3n) is 5.87. The van der Waals surface area contributed by atoms with Gasteiger partial charge in [-0.05, 0) is 59.3 Å². The van der Waals surface area contributed by atoms with Crippen LogP contribution < -0.4 is 5.56 Å². The Bertz CT molecular complexity index is 1520. The molecular weight excluding hydrogens is 474 g/mol. The molecule has 0 aliphatic heterocycles. The molecule has 0 aliphatic rings. The summed E-state index contributed by atoms with van der Waals surface area (Å²) in [6, 6.07) is 22.2. The van der Waals surface area contributed by atoms with Gasteiger partial charge in [0.05, 0.1) is 18.8 Å². The molecule has 0 saturated heterocycles. The fourth-order valence-corrected chi connectivity index (χ4v) is 4.43. The molecule has 0 aliphatic carbocycles. The van der Waals surface area contributed by atoms with Crippen LogP contribution in [0.4, 0.5) is 0 Å². The lowest BCUT2D eigenvalue weighted by Crippen LogP contribution is -2.28. The van der Waals surface area contributed by atoms with Crippen LogP contribution in [0.5, 0.6) is 0 Å². The zero-order valence-electron chi connectivity index (χ0n) is 20.2. The van der Waals surface area contributed by atoms with Crippen LogP contribution in [0.15, 0.2) is 83.7 Å². The van der Waals surface area contributed by atoms with Gasteiger partial charge in [-0.3, -0.25) is 14.2 Å². The highest BCUT2D eigenvalue weighted by Gasteiger charge is 2.22. The number of fused-ring (bicyclic) bond motifs is 1. The fraction of sp³-hybridized carbons (Fsp3) is 0.167. The van der Waals surface area contributed by atoms with Crippen LogP contribution >= 0.6 is 11.6 Å². The molecule has 0 unspecified atom stereocenters. The zero-order chi connectivity index (χ0) is 25.7. The Kier molecular flexibility index (Phi) is 7.81. The maximum absolute atomic E-state index is 13.7. The molecule has 0 radical (unpaired) electrons. The van der Waals surface area contributed by atoms with Gasteiger partial charge in [0.2, 0.25) is 0 Å². The normalized spacial score (nSPS) is 11.2. The first-order valence-electron chi connectivity index (χ1n) is 11.8. The van der Waals surface area contributed by atoms with Crippen molar-refractivity contribution in [3.8, 4) is 11.1 Å². The maximum Gasteiger partial charge on any atom is 0.330 e. The van der Waals surface area contributed by atoms with E-state index in [0.29, 0.717) is 33.7 Å². The lowest BCUT2D eigenvalue weighted by atomic mass is 9.94. The number of halogens is 1. The molecule has 1 heterocycles. The van der Waals surface area contributed by atoms with E-state index in [9.17, 15) is 14.4 Å². The van der Waals surface area contributed by atoms with Gasteiger partial charge in [-0.25, -0.2) is 4.79 Å². The minimum atomic E-state index is -0.421. The number of carbonyl (C=O) groups is 2. The van der Waals surface area contributed by atoms with Gasteiger partial charge in [0, 0.05) is 28.5 Å². The largest absolute Gasteiger partial charge is 0.463 e. The molecule has 0 fully saturated rings. The Balaban J connectivity index is 1.92. The van der Waals surface area contributed by atoms with E-state index in [1.165, 1.54) is 6.08 Å². The summed E-state index contributed by atoms with van der Waals surface area (Å²) >= 11 is 6.32. The molecule has 5 nitrogen and oxygen atoms in total. The van der Waals surface area contributed by atoms with E-state index in [-0.39, 0.29) is 24.3 Å². The van der Waals surface area contributed by atoms with Crippen LogP contribution in [-0.4, -0.2) is 22.9 Å². The Labute approximate surface area is 214 Å². The molecular formula is C30H26ClNO4. The van der Waals surface area contributed by atoms with Gasteiger partial charge >= 0.3 is 5.97 Å². The number of aromatic nitrogens is 1. The molecule has 4 rings (SSSR count). The molecule has 0 amide bonds. The average Bonchev–Trinajstić information content (AvgIpc) is 2.89. The topological polar surface area (TPSA) is 65.4 Å². The fourth-order valence-electron chi connectivity index (χ4n) is 4.26. The van der Waals surface area contributed by atoms with Crippen LogP contribution in [0.2, 0.25) is 5.02 Å². The maximum atomic E-state index is 13.7. The first-order chi connectivity index (χ1) is 17.4. The second-order valence-electron chi connectivity index (χ2n) is 8.28. The van der Waals surface area contributed by atoms with Gasteiger partial charge in [0.25, 0.3) is 5.56 Å². The number of esters is 1. The van der Waals surface area contributed by atoms with Crippen LogP contribution in [0.25, 0.3) is 28.0 Å². The first-order valence-corrected chi connectivity index (χ1v) is 12.2. The number of rotatable bonds is 8. The van der Waals surface area contributed by atoms with Crippen LogP contribution in [0.3, 0.4) is 0 Å². The van der Waals surface area contributed by atoms with Crippen molar-refractivity contribution >= 4 is 40.2 Å². The Hall–Kier alpha value is -3.96. The van der Waals surface area contributed by atoms with Gasteiger partial charge in [-0.1, -0.05) is 67.1 Å². The predicted octanol–water partition coefficient (Wildman–Crippen LogP) is 6.54. The van der Waals surface area contributed by atoms with E-state index in [0.717, 1.165) is 16.7 Å². The van der Waals surface area contributed by atoms with Crippen molar-refractivity contribution in [2.45, 2.75) is 26.8 Å². The average molecular weight is 500 g/mol. The van der Waals surface area contributed by atoms with Crippen LogP contribution in [0, 0.1) is 0 Å². The molecule has 6 heteroatoms. The van der Waals surface area contributed by atoms with E-state index < -0.39 is 5.97 Å². The lowest BCUT2D eigenvalue weighted by Gasteiger charge is -2.19. The van der Waals surface area contributed by atoms with Crippen molar-refractivity contribution < 1.29 is 14.3 Å². The van der Waals surface area contributed by atoms with Crippen molar-refractivity contribution in [2.24, 2.45) is 0 Å². The van der Waals surface area contributed by atoms with E-state index in [2.05, 4.69) is 0 Å². The Morgan fingerprint density at radius 2 is 1.72 bits per heavy atom. The number of nitrogens with zero attached hydrogens (tertiary/aromatic N) is 1. The molecule has 1 aromatic heterocycles. The van der Waals surface area contributed by atoms with Crippen molar-refractivity contribution in [1.82, 2.24) is 4.57 Å². The van der Waals surface area contributed by atoms with E-state index >= 15 is 0 Å². The van der Waals surface area contributed by atoms with E-state index in [1.54, 1.807) is 42.7 Å². The summed E-state index contributed by atoms with van der Waals surface area (Å²) in [5, 5.41) is 1.63. The number of hydrogen-bond donors (Lipinski definition) is 0. The quantitative estimate of drug-likeness (QED) is 0.157. The van der Waals surface area contributed by atoms with Gasteiger partial charge in [-0.15, -0.1) is 0 Å². The van der Waals surface area contributed by atoms with Crippen LogP contribution in [-0.2, 0) is 16.1 Å². The van der Waals surface area contributed by atoms with Gasteiger partial charge in [0.15, 0.2) is 5.78 Å². The molecule has 3 aromatic carbocycles. The number of ether oxygens (including phenoxy) is 1. The first kappa shape index (κ1) is 25.1. The van der Waals surface area contributed by atoms with Crippen molar-refractivity contribution in [1.29, 1.82) is 0 Å². The Morgan fingerprint density at radius 3 is 2.44 bits per heavy atom. The smallest absolute Gasteiger partial charge is 0.330 e. The van der Waals surface area contributed by atoms with E-state index in [1.807, 2.05) is 54.6 Å². The zero-order valence-corrected chi connectivity index (χ0v) is 20.9. The highest BCUT2D eigenvalue weighted by Crippen LogP contribution is 2.33. The summed E-state index contributed by atoms with van der Waals surface area (Å²) in [7, 11) is 0. The van der Waals surface area contributed by atoms with Crippen molar-refractivity contribution in [3.05, 3.63) is 111 Å². The van der Waals surface area contributed by atoms with Crippen molar-refractivity contribution in [3.63, 3.8) is 0 Å². The summed E-state index contributed by atoms with van der Waals surface area (Å²) in [5.74, 6) is -0.554. The lowest BCUT2D eigenvalue weighted by molar-refractivity contribution is -0.137. The second-order valence-corrected chi connectivity index (χ2v) is 8.71. The number of carbonyl (C=O) groups excluding carboxylic acids is 2. The monoisotopic (exact) mass is 499 g/mol. The highest BCUT2D eigenvalue weighted by molar-refractivity contribution is 6.31. The molecule has 182 valence electrons. The van der Waals surface area contributed by atoms with Gasteiger partial charge in [0.1, 0.15) is 0 Å². The predicted molar refractivity (Wildman–Crippen MR) is 144 cm³/mol. The van der Waals surface area contributed by atoms with Gasteiger partial charge < -0.3 is 4.74 Å². The van der Waals surface area contributed by atoms with Crippen molar-refractivity contribution in [2.75, 3.05) is 6.61 Å². The standard InChI is InChI=1S/C30H26ClNO4/c1-3-26(33)29-28(22-11-6-5-7-12-22)25-18-23(31)14-15-24(25)30(35)32(29)19-21-10-8-9-20(17-21)13-16-27(34)36-4-2/h5-18H,3-4,19H2,1-2H3/b16-13+. The molecule has 0 atom stereocenters. The molecule has 0 saturated carbocycles. The molecule has 36 heavy (non-hydrogen) atoms. The molecule has 4 aromatic rings. The number of hydrogen-bond acceptors (Lipinski definition) is 4. The summed E-state index contributed by atoms with van der Waals surface area (Å²) in [5.41, 5.74) is 3.23. The molecule has 0 bridgehead atoms. The number of benzene rings is 3. The number of pyridine rings is 1. The third kappa shape index (κ3) is 5.31. The third-order valence-corrected chi connectivity index (χ3v) is 6.11. The number of ketones is 1. The summed E-state index contributed by atoms with van der Waals surface area (Å²) in [4.78, 5) is 38.8. The minimum Gasteiger partial charge on any atom is -0.463 e. The van der Waals surface area contributed by atoms with Crippen LogP contribution in [0.1, 0.15) is 41.9 Å². The minimum absolute atomic E-state index is 0.133. The summed E-state index contributed by atoms with van der Waals surface area (Å²) in [6.45, 7) is 4.03. The van der Waals surface area contributed by atoms with E-state index in [4.69, 9.17) is 16.3 Å². The Morgan fingerprint density at radius 1 is 0.944 bits per heavy atom. The molecule has 0 N–H and O–H groups in total. The summed E-state index contributed by atoms with van der Waals surface area (Å²) < 4.78 is 6.50.